The summed E-state index contributed by atoms with van der Waals surface area (Å²) in [4.78, 5) is 38.4. The van der Waals surface area contributed by atoms with Gasteiger partial charge in [-0.05, 0) is 30.7 Å². The zero-order valence-electron chi connectivity index (χ0n) is 15.5. The third-order valence-corrected chi connectivity index (χ3v) is 4.96. The highest BCUT2D eigenvalue weighted by atomic mass is 19.1. The van der Waals surface area contributed by atoms with Crippen molar-refractivity contribution in [1.82, 2.24) is 15.5 Å². The van der Waals surface area contributed by atoms with Crippen LogP contribution in [0, 0.1) is 5.82 Å². The molecule has 0 aliphatic carbocycles. The molecule has 2 aromatic carbocycles. The van der Waals surface area contributed by atoms with Crippen LogP contribution < -0.4 is 20.1 Å². The van der Waals surface area contributed by atoms with Gasteiger partial charge in [0.2, 0.25) is 12.7 Å². The summed E-state index contributed by atoms with van der Waals surface area (Å²) in [7, 11) is 0. The third kappa shape index (κ3) is 3.35. The van der Waals surface area contributed by atoms with E-state index < -0.39 is 35.7 Å². The van der Waals surface area contributed by atoms with Crippen LogP contribution in [0.1, 0.15) is 18.1 Å². The molecule has 4 amide bonds. The van der Waals surface area contributed by atoms with Crippen molar-refractivity contribution in [3.63, 3.8) is 0 Å². The molecular weight excluding hydrogens is 381 g/mol. The number of nitrogens with zero attached hydrogens (tertiary/aromatic N) is 1. The molecule has 0 saturated carbocycles. The molecule has 0 aromatic heterocycles. The van der Waals surface area contributed by atoms with E-state index in [-0.39, 0.29) is 13.3 Å². The van der Waals surface area contributed by atoms with Crippen LogP contribution in [0.3, 0.4) is 0 Å². The van der Waals surface area contributed by atoms with Gasteiger partial charge in [-0.3, -0.25) is 14.5 Å². The number of imide groups is 1. The van der Waals surface area contributed by atoms with Crippen LogP contribution >= 0.6 is 0 Å². The van der Waals surface area contributed by atoms with Gasteiger partial charge in [-0.1, -0.05) is 24.3 Å². The fraction of sp³-hybridized carbons (Fsp3) is 0.250. The van der Waals surface area contributed by atoms with E-state index in [9.17, 15) is 18.8 Å². The van der Waals surface area contributed by atoms with Crippen molar-refractivity contribution in [2.24, 2.45) is 0 Å². The molecule has 1 atom stereocenters. The Labute approximate surface area is 165 Å². The summed E-state index contributed by atoms with van der Waals surface area (Å²) in [6, 6.07) is 10.3. The maximum Gasteiger partial charge on any atom is 0.325 e. The van der Waals surface area contributed by atoms with Crippen LogP contribution in [0.4, 0.5) is 9.18 Å². The molecule has 0 bridgehead atoms. The van der Waals surface area contributed by atoms with Crippen molar-refractivity contribution in [1.29, 1.82) is 0 Å². The average molecular weight is 399 g/mol. The number of benzene rings is 2. The van der Waals surface area contributed by atoms with Gasteiger partial charge in [-0.25, -0.2) is 9.18 Å². The monoisotopic (exact) mass is 399 g/mol. The minimum absolute atomic E-state index is 0.0470. The van der Waals surface area contributed by atoms with E-state index in [0.29, 0.717) is 22.6 Å². The van der Waals surface area contributed by atoms with Gasteiger partial charge in [0.05, 0.1) is 0 Å². The average Bonchev–Trinajstić information content (AvgIpc) is 3.26. The Bertz CT molecular complexity index is 1010. The lowest BCUT2D eigenvalue weighted by atomic mass is 9.91. The number of carbonyl (C=O) groups is 3. The van der Waals surface area contributed by atoms with Crippen LogP contribution in [0.2, 0.25) is 0 Å². The van der Waals surface area contributed by atoms with Crippen molar-refractivity contribution in [3.05, 3.63) is 59.4 Å². The Balaban J connectivity index is 1.45. The molecule has 0 spiro atoms. The van der Waals surface area contributed by atoms with Crippen molar-refractivity contribution in [2.75, 3.05) is 13.3 Å². The smallest absolute Gasteiger partial charge is 0.325 e. The summed E-state index contributed by atoms with van der Waals surface area (Å²) in [5.74, 6) is -0.558. The Morgan fingerprint density at radius 2 is 1.97 bits per heavy atom. The Morgan fingerprint density at radius 3 is 2.76 bits per heavy atom. The number of amides is 4. The summed E-state index contributed by atoms with van der Waals surface area (Å²) in [5, 5.41) is 5.15. The van der Waals surface area contributed by atoms with Gasteiger partial charge >= 0.3 is 6.03 Å². The first-order chi connectivity index (χ1) is 13.9. The van der Waals surface area contributed by atoms with Gasteiger partial charge < -0.3 is 20.1 Å². The number of carbonyl (C=O) groups excluding carboxylic acids is 3. The third-order valence-electron chi connectivity index (χ3n) is 4.96. The van der Waals surface area contributed by atoms with E-state index in [1.54, 1.807) is 43.3 Å². The van der Waals surface area contributed by atoms with Gasteiger partial charge in [0.25, 0.3) is 5.91 Å². The molecule has 2 aliphatic rings. The fourth-order valence-electron chi connectivity index (χ4n) is 3.28. The first kappa shape index (κ1) is 18.7. The van der Waals surface area contributed by atoms with E-state index >= 15 is 0 Å². The lowest BCUT2D eigenvalue weighted by molar-refractivity contribution is -0.134. The maximum absolute atomic E-state index is 13.7. The highest BCUT2D eigenvalue weighted by molar-refractivity contribution is 6.09. The van der Waals surface area contributed by atoms with E-state index in [1.165, 1.54) is 6.07 Å². The molecule has 2 aliphatic heterocycles. The molecule has 2 aromatic rings. The van der Waals surface area contributed by atoms with Crippen molar-refractivity contribution in [2.45, 2.75) is 19.0 Å². The van der Waals surface area contributed by atoms with Gasteiger partial charge in [0.15, 0.2) is 11.5 Å². The number of hydrogen-bond donors (Lipinski definition) is 2. The lowest BCUT2D eigenvalue weighted by Crippen LogP contribution is -2.43. The second kappa shape index (κ2) is 7.08. The largest absolute Gasteiger partial charge is 0.454 e. The first-order valence-corrected chi connectivity index (χ1v) is 8.93. The molecule has 1 saturated heterocycles. The van der Waals surface area contributed by atoms with E-state index in [4.69, 9.17) is 9.47 Å². The van der Waals surface area contributed by atoms with Gasteiger partial charge in [-0.2, -0.15) is 0 Å². The number of nitrogens with one attached hydrogen (secondary N) is 2. The number of ether oxygens (including phenoxy) is 2. The SMILES string of the molecule is C[C@]1(c2ccc3c(c2)OCO3)NC(=O)N(CC(=O)NCc2ccccc2F)C1=O. The molecule has 8 nitrogen and oxygen atoms in total. The van der Waals surface area contributed by atoms with Gasteiger partial charge in [0.1, 0.15) is 17.9 Å². The molecule has 1 fully saturated rings. The predicted molar refractivity (Wildman–Crippen MR) is 98.4 cm³/mol. The number of rotatable bonds is 5. The number of fused-ring (bicyclic) bond motifs is 1. The molecule has 2 N–H and O–H groups in total. The summed E-state index contributed by atoms with van der Waals surface area (Å²) in [6.07, 6.45) is 0. The second-order valence-corrected chi connectivity index (χ2v) is 6.88. The Kier molecular flexibility index (Phi) is 4.57. The van der Waals surface area contributed by atoms with Crippen molar-refractivity contribution >= 4 is 17.8 Å². The lowest BCUT2D eigenvalue weighted by Gasteiger charge is -2.22. The number of hydrogen-bond acceptors (Lipinski definition) is 5. The van der Waals surface area contributed by atoms with Crippen LogP contribution in [-0.4, -0.2) is 36.1 Å². The predicted octanol–water partition coefficient (Wildman–Crippen LogP) is 1.64. The van der Waals surface area contributed by atoms with Crippen molar-refractivity contribution < 1.29 is 28.2 Å². The van der Waals surface area contributed by atoms with Crippen LogP contribution in [0.5, 0.6) is 11.5 Å². The number of halogens is 1. The summed E-state index contributed by atoms with van der Waals surface area (Å²) >= 11 is 0. The van der Waals surface area contributed by atoms with Crippen LogP contribution in [0.25, 0.3) is 0 Å². The fourth-order valence-corrected chi connectivity index (χ4v) is 3.28. The normalized spacial score (nSPS) is 20.0. The highest BCUT2D eigenvalue weighted by Crippen LogP contribution is 2.37. The van der Waals surface area contributed by atoms with Gasteiger partial charge in [0, 0.05) is 12.1 Å². The molecule has 4 rings (SSSR count). The van der Waals surface area contributed by atoms with Crippen molar-refractivity contribution in [3.8, 4) is 11.5 Å². The minimum Gasteiger partial charge on any atom is -0.454 e. The number of urea groups is 1. The summed E-state index contributed by atoms with van der Waals surface area (Å²) in [6.45, 7) is 1.12. The second-order valence-electron chi connectivity index (χ2n) is 6.88. The Hall–Kier alpha value is -3.62. The molecule has 150 valence electrons. The standard InChI is InChI=1S/C20H18FN3O5/c1-20(13-6-7-15-16(8-13)29-11-28-15)18(26)24(19(27)23-20)10-17(25)22-9-12-4-2-3-5-14(12)21/h2-8H,9-11H2,1H3,(H,22,25)(H,23,27)/t20-/m1/s1. The first-order valence-electron chi connectivity index (χ1n) is 8.93. The van der Waals surface area contributed by atoms with Gasteiger partial charge in [-0.15, -0.1) is 0 Å². The summed E-state index contributed by atoms with van der Waals surface area (Å²) < 4.78 is 24.2. The topological polar surface area (TPSA) is 97.0 Å². The zero-order chi connectivity index (χ0) is 20.6. The molecule has 2 heterocycles. The Morgan fingerprint density at radius 1 is 1.21 bits per heavy atom. The maximum atomic E-state index is 13.7. The van der Waals surface area contributed by atoms with Crippen LogP contribution in [0.15, 0.2) is 42.5 Å². The molecular formula is C20H18FN3O5. The van der Waals surface area contributed by atoms with Crippen LogP contribution in [-0.2, 0) is 21.7 Å². The molecule has 0 unspecified atom stereocenters. The molecule has 0 radical (unpaired) electrons. The van der Waals surface area contributed by atoms with E-state index in [0.717, 1.165) is 4.90 Å². The quantitative estimate of drug-likeness (QED) is 0.745. The molecule has 9 heteroatoms. The highest BCUT2D eigenvalue weighted by Gasteiger charge is 2.49. The zero-order valence-corrected chi connectivity index (χ0v) is 15.5. The summed E-state index contributed by atoms with van der Waals surface area (Å²) in [5.41, 5.74) is -0.526. The van der Waals surface area contributed by atoms with E-state index in [2.05, 4.69) is 10.6 Å². The van der Waals surface area contributed by atoms with E-state index in [1.807, 2.05) is 0 Å². The minimum atomic E-state index is -1.34. The molecule has 29 heavy (non-hydrogen) atoms.